The van der Waals surface area contributed by atoms with Gasteiger partial charge in [-0.15, -0.1) is 0 Å². The van der Waals surface area contributed by atoms with Crippen LogP contribution in [-0.4, -0.2) is 142 Å². The highest BCUT2D eigenvalue weighted by Crippen LogP contribution is 2.26. The minimum atomic E-state index is -1.73. The minimum absolute atomic E-state index is 0.00372. The number of aliphatic hydroxyl groups excluding tert-OH is 7. The number of rotatable bonds is 36. The summed E-state index contributed by atoms with van der Waals surface area (Å²) in [5.41, 5.74) is 0. The Labute approximate surface area is 389 Å². The van der Waals surface area contributed by atoms with Crippen molar-refractivity contribution in [1.82, 2.24) is 0 Å². The lowest BCUT2D eigenvalue weighted by molar-refractivity contribution is -0.332. The van der Waals surface area contributed by atoms with E-state index in [4.69, 9.17) is 28.4 Å². The molecule has 0 saturated carbocycles. The van der Waals surface area contributed by atoms with Crippen molar-refractivity contribution in [2.75, 3.05) is 33.0 Å². The molecule has 2 saturated heterocycles. The first-order valence-corrected chi connectivity index (χ1v) is 24.2. The Bertz CT molecular complexity index is 1390. The molecule has 0 spiro atoms. The molecule has 14 heteroatoms. The molecule has 2 fully saturated rings. The van der Waals surface area contributed by atoms with Crippen LogP contribution < -0.4 is 0 Å². The SMILES string of the molecule is CC/C=C\C/C=C\C/C=C\C/C=C\C/C=C\CCOCC(COC1OC(COC2OC(CO)C(O)C(O)C2O)C(O)C(O)C1O)OC(=O)CCCCCCC/C=C\C/C=C\CCCCC. The van der Waals surface area contributed by atoms with E-state index in [-0.39, 0.29) is 19.6 Å². The Kier molecular flexibility index (Phi) is 34.2. The molecule has 65 heavy (non-hydrogen) atoms. The molecule has 11 unspecified atom stereocenters. The van der Waals surface area contributed by atoms with Gasteiger partial charge in [-0.1, -0.05) is 131 Å². The van der Waals surface area contributed by atoms with Crippen LogP contribution in [0, 0.1) is 0 Å². The van der Waals surface area contributed by atoms with Crippen LogP contribution >= 0.6 is 0 Å². The smallest absolute Gasteiger partial charge is 0.306 e. The van der Waals surface area contributed by atoms with Gasteiger partial charge in [-0.25, -0.2) is 0 Å². The van der Waals surface area contributed by atoms with Crippen LogP contribution in [-0.2, 0) is 33.2 Å². The van der Waals surface area contributed by atoms with Gasteiger partial charge in [-0.3, -0.25) is 4.79 Å². The van der Waals surface area contributed by atoms with Crippen molar-refractivity contribution in [2.45, 2.75) is 197 Å². The van der Waals surface area contributed by atoms with Gasteiger partial charge in [-0.2, -0.15) is 0 Å². The van der Waals surface area contributed by atoms with Crippen molar-refractivity contribution in [3.05, 3.63) is 85.1 Å². The molecular weight excluding hydrogens is 837 g/mol. The van der Waals surface area contributed by atoms with Gasteiger partial charge < -0.3 is 64.2 Å². The van der Waals surface area contributed by atoms with Gasteiger partial charge in [0.15, 0.2) is 12.6 Å². The maximum Gasteiger partial charge on any atom is 0.306 e. The number of ether oxygens (including phenoxy) is 6. The average molecular weight is 921 g/mol. The van der Waals surface area contributed by atoms with Gasteiger partial charge in [-0.05, 0) is 77.0 Å². The maximum absolute atomic E-state index is 13.0. The van der Waals surface area contributed by atoms with E-state index in [1.807, 2.05) is 6.08 Å². The number of unbranched alkanes of at least 4 members (excludes halogenated alkanes) is 8. The molecule has 11 atom stereocenters. The van der Waals surface area contributed by atoms with Crippen molar-refractivity contribution in [3.63, 3.8) is 0 Å². The van der Waals surface area contributed by atoms with Gasteiger partial charge >= 0.3 is 5.97 Å². The fourth-order valence-corrected chi connectivity index (χ4v) is 6.97. The van der Waals surface area contributed by atoms with Crippen molar-refractivity contribution in [3.8, 4) is 0 Å². The van der Waals surface area contributed by atoms with Crippen molar-refractivity contribution in [2.24, 2.45) is 0 Å². The topological polar surface area (TPSA) is 214 Å². The average Bonchev–Trinajstić information content (AvgIpc) is 3.30. The van der Waals surface area contributed by atoms with E-state index < -0.39 is 86.7 Å². The number of carbonyl (C=O) groups excluding carboxylic acids is 1. The van der Waals surface area contributed by atoms with Crippen molar-refractivity contribution < 1.29 is 69.0 Å². The third-order valence-electron chi connectivity index (χ3n) is 10.9. The minimum Gasteiger partial charge on any atom is -0.457 e. The Balaban J connectivity index is 1.84. The second kappa shape index (κ2) is 38.2. The third-order valence-corrected chi connectivity index (χ3v) is 10.9. The summed E-state index contributed by atoms with van der Waals surface area (Å²) in [6.45, 7) is 3.26. The second-order valence-electron chi connectivity index (χ2n) is 16.5. The molecule has 0 aromatic carbocycles. The summed E-state index contributed by atoms with van der Waals surface area (Å²) in [7, 11) is 0. The van der Waals surface area contributed by atoms with Gasteiger partial charge in [0.2, 0.25) is 0 Å². The first-order chi connectivity index (χ1) is 31.6. The second-order valence-corrected chi connectivity index (χ2v) is 16.5. The highest BCUT2D eigenvalue weighted by atomic mass is 16.7. The van der Waals surface area contributed by atoms with Gasteiger partial charge in [0.05, 0.1) is 33.0 Å². The number of allylic oxidation sites excluding steroid dienone is 13. The highest BCUT2D eigenvalue weighted by molar-refractivity contribution is 5.69. The van der Waals surface area contributed by atoms with Crippen LogP contribution in [0.4, 0.5) is 0 Å². The number of esters is 1. The molecule has 0 bridgehead atoms. The zero-order valence-corrected chi connectivity index (χ0v) is 39.2. The van der Waals surface area contributed by atoms with Crippen molar-refractivity contribution >= 4 is 5.97 Å². The van der Waals surface area contributed by atoms with E-state index in [9.17, 15) is 40.5 Å². The summed E-state index contributed by atoms with van der Waals surface area (Å²) in [5.74, 6) is -0.419. The summed E-state index contributed by atoms with van der Waals surface area (Å²) in [6, 6.07) is 0. The van der Waals surface area contributed by atoms with E-state index in [1.165, 1.54) is 19.3 Å². The first-order valence-electron chi connectivity index (χ1n) is 24.2. The zero-order valence-electron chi connectivity index (χ0n) is 39.2. The first kappa shape index (κ1) is 58.3. The normalized spacial score (nSPS) is 27.3. The van der Waals surface area contributed by atoms with Crippen LogP contribution in [0.15, 0.2) is 85.1 Å². The molecule has 0 aliphatic carbocycles. The van der Waals surface area contributed by atoms with E-state index in [2.05, 4.69) is 92.8 Å². The molecule has 0 aromatic heterocycles. The van der Waals surface area contributed by atoms with E-state index >= 15 is 0 Å². The Morgan fingerprint density at radius 3 is 1.57 bits per heavy atom. The molecule has 0 radical (unpaired) electrons. The summed E-state index contributed by atoms with van der Waals surface area (Å²) in [5, 5.41) is 72.0. The summed E-state index contributed by atoms with van der Waals surface area (Å²) in [4.78, 5) is 13.0. The Morgan fingerprint density at radius 1 is 0.523 bits per heavy atom. The van der Waals surface area contributed by atoms with Gasteiger partial charge in [0, 0.05) is 6.42 Å². The lowest BCUT2D eigenvalue weighted by Crippen LogP contribution is -2.61. The lowest BCUT2D eigenvalue weighted by Gasteiger charge is -2.42. The fraction of sp³-hybridized carbons (Fsp3) is 0.706. The fourth-order valence-electron chi connectivity index (χ4n) is 6.97. The molecule has 2 heterocycles. The predicted molar refractivity (Wildman–Crippen MR) is 251 cm³/mol. The maximum atomic E-state index is 13.0. The largest absolute Gasteiger partial charge is 0.457 e. The molecule has 0 amide bonds. The zero-order chi connectivity index (χ0) is 47.3. The molecule has 372 valence electrons. The number of carbonyl (C=O) groups is 1. The molecule has 0 aromatic rings. The Morgan fingerprint density at radius 2 is 1.00 bits per heavy atom. The molecular formula is C51H84O14. The van der Waals surface area contributed by atoms with Crippen LogP contribution in [0.1, 0.15) is 129 Å². The number of hydrogen-bond donors (Lipinski definition) is 7. The van der Waals surface area contributed by atoms with Crippen LogP contribution in [0.2, 0.25) is 0 Å². The molecule has 2 aliphatic rings. The summed E-state index contributed by atoms with van der Waals surface area (Å²) < 4.78 is 34.1. The lowest BCUT2D eigenvalue weighted by atomic mass is 9.98. The standard InChI is InChI=1S/C51H84O14/c1-3-5-7-9-11-13-15-17-19-21-23-25-27-29-31-33-35-60-37-40(63-43(53)34-32-30-28-26-24-22-20-18-16-14-12-10-8-6-4-2)38-61-50-49(59)47(57)45(55)42(65-50)39-62-51-48(58)46(56)44(54)41(36-52)64-51/h5,7,11-14,17-20,23,25,29,31,40-42,44-52,54-59H,3-4,6,8-10,15-16,21-22,24,26-28,30,32-39H2,1-2H3/b7-5-,13-11-,14-12-,19-17-,20-18-,25-23-,31-29-. The molecule has 2 rings (SSSR count). The quantitative estimate of drug-likeness (QED) is 0.0203. The third kappa shape index (κ3) is 26.3. The number of hydrogen-bond acceptors (Lipinski definition) is 14. The van der Waals surface area contributed by atoms with Crippen LogP contribution in [0.25, 0.3) is 0 Å². The van der Waals surface area contributed by atoms with Crippen LogP contribution in [0.3, 0.4) is 0 Å². The monoisotopic (exact) mass is 921 g/mol. The van der Waals surface area contributed by atoms with E-state index in [0.29, 0.717) is 19.4 Å². The Hall–Kier alpha value is -2.83. The van der Waals surface area contributed by atoms with Crippen LogP contribution in [0.5, 0.6) is 0 Å². The highest BCUT2D eigenvalue weighted by Gasteiger charge is 2.47. The van der Waals surface area contributed by atoms with Gasteiger partial charge in [0.1, 0.15) is 54.9 Å². The summed E-state index contributed by atoms with van der Waals surface area (Å²) in [6.07, 6.45) is 31.0. The summed E-state index contributed by atoms with van der Waals surface area (Å²) >= 11 is 0. The number of aliphatic hydroxyl groups is 7. The van der Waals surface area contributed by atoms with Crippen molar-refractivity contribution in [1.29, 1.82) is 0 Å². The van der Waals surface area contributed by atoms with Gasteiger partial charge in [0.25, 0.3) is 0 Å². The molecule has 14 nitrogen and oxygen atoms in total. The predicted octanol–water partition coefficient (Wildman–Crippen LogP) is 6.51. The van der Waals surface area contributed by atoms with E-state index in [1.54, 1.807) is 0 Å². The molecule has 7 N–H and O–H groups in total. The van der Waals surface area contributed by atoms with E-state index in [0.717, 1.165) is 77.0 Å². The molecule has 2 aliphatic heterocycles.